The Bertz CT molecular complexity index is 689. The fourth-order valence-corrected chi connectivity index (χ4v) is 2.00. The molecule has 1 amide bonds. The first-order valence-corrected chi connectivity index (χ1v) is 7.25. The lowest BCUT2D eigenvalue weighted by Crippen LogP contribution is -2.41. The van der Waals surface area contributed by atoms with Crippen molar-refractivity contribution in [2.24, 2.45) is 0 Å². The Balaban J connectivity index is 2.27. The van der Waals surface area contributed by atoms with Crippen molar-refractivity contribution in [1.82, 2.24) is 15.3 Å². The molecule has 0 saturated heterocycles. The number of anilines is 2. The molecular weight excluding hydrogens is 276 g/mol. The molecule has 5 nitrogen and oxygen atoms in total. The highest BCUT2D eigenvalue weighted by molar-refractivity contribution is 5.93. The first-order valence-electron chi connectivity index (χ1n) is 7.25. The van der Waals surface area contributed by atoms with Crippen LogP contribution in [-0.2, 0) is 0 Å². The van der Waals surface area contributed by atoms with E-state index in [0.29, 0.717) is 17.3 Å². The zero-order valence-electron chi connectivity index (χ0n) is 13.7. The minimum absolute atomic E-state index is 0.203. The van der Waals surface area contributed by atoms with Gasteiger partial charge < -0.3 is 10.6 Å². The lowest BCUT2D eigenvalue weighted by molar-refractivity contribution is 0.0914. The van der Waals surface area contributed by atoms with Gasteiger partial charge in [0.2, 0.25) is 0 Å². The molecule has 0 spiro atoms. The molecule has 2 N–H and O–H groups in total. The molecule has 22 heavy (non-hydrogen) atoms. The predicted molar refractivity (Wildman–Crippen MR) is 88.4 cm³/mol. The van der Waals surface area contributed by atoms with E-state index in [1.54, 1.807) is 13.0 Å². The van der Waals surface area contributed by atoms with E-state index in [0.717, 1.165) is 11.3 Å². The number of nitrogens with zero attached hydrogens (tertiary/aromatic N) is 2. The van der Waals surface area contributed by atoms with E-state index >= 15 is 0 Å². The van der Waals surface area contributed by atoms with E-state index in [2.05, 4.69) is 20.6 Å². The van der Waals surface area contributed by atoms with Gasteiger partial charge in [-0.05, 0) is 46.2 Å². The molecule has 0 bridgehead atoms. The fourth-order valence-electron chi connectivity index (χ4n) is 2.00. The first kappa shape index (κ1) is 15.9. The Kier molecular flexibility index (Phi) is 4.45. The summed E-state index contributed by atoms with van der Waals surface area (Å²) in [6.07, 6.45) is 0. The molecule has 116 valence electrons. The number of hydrogen-bond donors (Lipinski definition) is 2. The summed E-state index contributed by atoms with van der Waals surface area (Å²) < 4.78 is 0. The molecule has 1 aromatic carbocycles. The van der Waals surface area contributed by atoms with Gasteiger partial charge in [-0.3, -0.25) is 4.79 Å². The zero-order valence-corrected chi connectivity index (χ0v) is 13.7. The SMILES string of the molecule is Cc1nc(Nc2ccccc2C)cc(C(=O)NC(C)(C)C)n1. The summed E-state index contributed by atoms with van der Waals surface area (Å²) in [6.45, 7) is 9.60. The Morgan fingerprint density at radius 2 is 1.77 bits per heavy atom. The number of aryl methyl sites for hydroxylation is 2. The van der Waals surface area contributed by atoms with Crippen molar-refractivity contribution < 1.29 is 4.79 Å². The summed E-state index contributed by atoms with van der Waals surface area (Å²) in [5, 5.41) is 6.15. The van der Waals surface area contributed by atoms with Crippen molar-refractivity contribution in [3.63, 3.8) is 0 Å². The summed E-state index contributed by atoms with van der Waals surface area (Å²) in [6, 6.07) is 9.59. The van der Waals surface area contributed by atoms with E-state index < -0.39 is 0 Å². The molecule has 0 fully saturated rings. The van der Waals surface area contributed by atoms with E-state index in [9.17, 15) is 4.79 Å². The van der Waals surface area contributed by atoms with Crippen LogP contribution in [0.2, 0.25) is 0 Å². The molecule has 0 aliphatic heterocycles. The lowest BCUT2D eigenvalue weighted by atomic mass is 10.1. The maximum absolute atomic E-state index is 12.3. The van der Waals surface area contributed by atoms with Gasteiger partial charge >= 0.3 is 0 Å². The third-order valence-electron chi connectivity index (χ3n) is 2.97. The maximum atomic E-state index is 12.3. The van der Waals surface area contributed by atoms with Crippen LogP contribution in [0, 0.1) is 13.8 Å². The second-order valence-corrected chi connectivity index (χ2v) is 6.33. The van der Waals surface area contributed by atoms with Crippen molar-refractivity contribution in [2.45, 2.75) is 40.2 Å². The molecule has 0 atom stereocenters. The number of rotatable bonds is 3. The molecule has 0 saturated carbocycles. The highest BCUT2D eigenvalue weighted by Crippen LogP contribution is 2.19. The van der Waals surface area contributed by atoms with Crippen LogP contribution in [0.5, 0.6) is 0 Å². The van der Waals surface area contributed by atoms with Crippen LogP contribution in [0.25, 0.3) is 0 Å². The number of para-hydroxylation sites is 1. The monoisotopic (exact) mass is 298 g/mol. The van der Waals surface area contributed by atoms with E-state index in [-0.39, 0.29) is 11.4 Å². The average molecular weight is 298 g/mol. The quantitative estimate of drug-likeness (QED) is 0.911. The molecule has 1 aromatic heterocycles. The third-order valence-corrected chi connectivity index (χ3v) is 2.97. The first-order chi connectivity index (χ1) is 10.2. The van der Waals surface area contributed by atoms with Gasteiger partial charge in [0.05, 0.1) is 0 Å². The van der Waals surface area contributed by atoms with Gasteiger partial charge in [-0.15, -0.1) is 0 Å². The molecule has 5 heteroatoms. The highest BCUT2D eigenvalue weighted by atomic mass is 16.2. The van der Waals surface area contributed by atoms with E-state index in [4.69, 9.17) is 0 Å². The van der Waals surface area contributed by atoms with Gasteiger partial charge in [0, 0.05) is 17.3 Å². The van der Waals surface area contributed by atoms with Crippen LogP contribution in [-0.4, -0.2) is 21.4 Å². The number of carbonyl (C=O) groups excluding carboxylic acids is 1. The van der Waals surface area contributed by atoms with Crippen LogP contribution < -0.4 is 10.6 Å². The normalized spacial score (nSPS) is 11.1. The van der Waals surface area contributed by atoms with Crippen molar-refractivity contribution in [1.29, 1.82) is 0 Å². The van der Waals surface area contributed by atoms with Gasteiger partial charge in [0.15, 0.2) is 0 Å². The van der Waals surface area contributed by atoms with Crippen LogP contribution in [0.15, 0.2) is 30.3 Å². The molecule has 2 rings (SSSR count). The third kappa shape index (κ3) is 4.28. The summed E-state index contributed by atoms with van der Waals surface area (Å²) in [5.74, 6) is 0.962. The van der Waals surface area contributed by atoms with Crippen molar-refractivity contribution in [3.05, 3.63) is 47.4 Å². The minimum Gasteiger partial charge on any atom is -0.346 e. The average Bonchev–Trinajstić information content (AvgIpc) is 2.39. The minimum atomic E-state index is -0.306. The number of aromatic nitrogens is 2. The van der Waals surface area contributed by atoms with Gasteiger partial charge in [0.1, 0.15) is 17.3 Å². The number of benzene rings is 1. The van der Waals surface area contributed by atoms with E-state index in [1.807, 2.05) is 52.0 Å². The highest BCUT2D eigenvalue weighted by Gasteiger charge is 2.17. The topological polar surface area (TPSA) is 66.9 Å². The maximum Gasteiger partial charge on any atom is 0.270 e. The van der Waals surface area contributed by atoms with Crippen LogP contribution in [0.1, 0.15) is 42.6 Å². The van der Waals surface area contributed by atoms with Crippen LogP contribution in [0.4, 0.5) is 11.5 Å². The second kappa shape index (κ2) is 6.13. The predicted octanol–water partition coefficient (Wildman–Crippen LogP) is 3.37. The summed E-state index contributed by atoms with van der Waals surface area (Å²) in [5.41, 5.74) is 2.13. The number of nitrogens with one attached hydrogen (secondary N) is 2. The van der Waals surface area contributed by atoms with Crippen molar-refractivity contribution in [2.75, 3.05) is 5.32 Å². The van der Waals surface area contributed by atoms with Crippen molar-refractivity contribution in [3.8, 4) is 0 Å². The van der Waals surface area contributed by atoms with Crippen molar-refractivity contribution >= 4 is 17.4 Å². The largest absolute Gasteiger partial charge is 0.346 e. The number of carbonyl (C=O) groups is 1. The molecule has 0 unspecified atom stereocenters. The molecule has 2 aromatic rings. The van der Waals surface area contributed by atoms with Crippen LogP contribution in [0.3, 0.4) is 0 Å². The lowest BCUT2D eigenvalue weighted by Gasteiger charge is -2.20. The number of amides is 1. The fraction of sp³-hybridized carbons (Fsp3) is 0.353. The standard InChI is InChI=1S/C17H22N4O/c1-11-8-6-7-9-13(11)20-15-10-14(18-12(2)19-15)16(22)21-17(3,4)5/h6-10H,1-5H3,(H,21,22)(H,18,19,20). The smallest absolute Gasteiger partial charge is 0.270 e. The zero-order chi connectivity index (χ0) is 16.3. The van der Waals surface area contributed by atoms with Gasteiger partial charge in [-0.2, -0.15) is 0 Å². The summed E-state index contributed by atoms with van der Waals surface area (Å²) in [4.78, 5) is 20.8. The van der Waals surface area contributed by atoms with Gasteiger partial charge in [0.25, 0.3) is 5.91 Å². The Morgan fingerprint density at radius 3 is 2.41 bits per heavy atom. The van der Waals surface area contributed by atoms with Gasteiger partial charge in [-0.1, -0.05) is 18.2 Å². The summed E-state index contributed by atoms with van der Waals surface area (Å²) >= 11 is 0. The Labute approximate surface area is 131 Å². The Morgan fingerprint density at radius 1 is 1.09 bits per heavy atom. The molecule has 0 radical (unpaired) electrons. The molecule has 1 heterocycles. The second-order valence-electron chi connectivity index (χ2n) is 6.33. The summed E-state index contributed by atoms with van der Waals surface area (Å²) in [7, 11) is 0. The van der Waals surface area contributed by atoms with Crippen LogP contribution >= 0.6 is 0 Å². The van der Waals surface area contributed by atoms with E-state index in [1.165, 1.54) is 0 Å². The Hall–Kier alpha value is -2.43. The van der Waals surface area contributed by atoms with Gasteiger partial charge in [-0.25, -0.2) is 9.97 Å². The molecular formula is C17H22N4O. The molecule has 0 aliphatic rings. The molecule has 0 aliphatic carbocycles. The number of hydrogen-bond acceptors (Lipinski definition) is 4.